The molecule has 0 unspecified atom stereocenters. The Morgan fingerprint density at radius 1 is 1.05 bits per heavy atom. The van der Waals surface area contributed by atoms with E-state index in [0.29, 0.717) is 22.7 Å². The molecule has 2 amide bonds. The standard InChI is InChI=1S/C29H28N6O3/c1-19-14-15-26(38-19)28(29(37)31-21-9-3-4-10-21)35(22-16-20-8-2-5-11-23(20)30-17-22)27(36)18-34-25-13-7-6-12-24(25)32-33-34/h2,5-8,11-17,21,28H,3-4,9-10,18H2,1H3,(H,31,37)/t28-/m1/s1. The number of hydrogen-bond donors (Lipinski definition) is 1. The van der Waals surface area contributed by atoms with Crippen LogP contribution in [0.4, 0.5) is 5.69 Å². The van der Waals surface area contributed by atoms with Crippen LogP contribution in [-0.2, 0) is 16.1 Å². The predicted molar refractivity (Wildman–Crippen MR) is 143 cm³/mol. The van der Waals surface area contributed by atoms with E-state index in [2.05, 4.69) is 20.6 Å². The fourth-order valence-corrected chi connectivity index (χ4v) is 5.19. The van der Waals surface area contributed by atoms with Crippen LogP contribution in [0.2, 0.25) is 0 Å². The lowest BCUT2D eigenvalue weighted by molar-refractivity contribution is -0.127. The van der Waals surface area contributed by atoms with Gasteiger partial charge in [0, 0.05) is 11.4 Å². The monoisotopic (exact) mass is 508 g/mol. The lowest BCUT2D eigenvalue weighted by Crippen LogP contribution is -2.47. The second kappa shape index (κ2) is 10.1. The number of pyridine rings is 1. The van der Waals surface area contributed by atoms with Crippen molar-refractivity contribution in [3.8, 4) is 0 Å². The van der Waals surface area contributed by atoms with E-state index in [0.717, 1.165) is 42.1 Å². The van der Waals surface area contributed by atoms with E-state index in [-0.39, 0.29) is 24.4 Å². The lowest BCUT2D eigenvalue weighted by Gasteiger charge is -2.30. The van der Waals surface area contributed by atoms with Gasteiger partial charge in [0.1, 0.15) is 23.6 Å². The largest absolute Gasteiger partial charge is 0.464 e. The normalized spacial score (nSPS) is 14.7. The van der Waals surface area contributed by atoms with E-state index in [4.69, 9.17) is 4.42 Å². The zero-order valence-electron chi connectivity index (χ0n) is 21.1. The van der Waals surface area contributed by atoms with Gasteiger partial charge in [-0.1, -0.05) is 48.4 Å². The summed E-state index contributed by atoms with van der Waals surface area (Å²) in [6.07, 6.45) is 5.63. The summed E-state index contributed by atoms with van der Waals surface area (Å²) in [5, 5.41) is 12.4. The molecule has 1 fully saturated rings. The van der Waals surface area contributed by atoms with Crippen LogP contribution in [0.3, 0.4) is 0 Å². The van der Waals surface area contributed by atoms with Crippen molar-refractivity contribution in [2.75, 3.05) is 4.90 Å². The number of amides is 2. The summed E-state index contributed by atoms with van der Waals surface area (Å²) in [5.74, 6) is 0.433. The summed E-state index contributed by atoms with van der Waals surface area (Å²) in [6.45, 7) is 1.71. The maximum absolute atomic E-state index is 14.1. The fraction of sp³-hybridized carbons (Fsp3) is 0.276. The molecule has 6 rings (SSSR count). The average molecular weight is 509 g/mol. The predicted octanol–water partition coefficient (Wildman–Crippen LogP) is 4.71. The number of carbonyl (C=O) groups excluding carboxylic acids is 2. The van der Waals surface area contributed by atoms with Crippen LogP contribution in [0.25, 0.3) is 21.9 Å². The SMILES string of the molecule is Cc1ccc([C@H](C(=O)NC2CCCC2)N(C(=O)Cn2nnc3ccccc32)c2cnc3ccccc3c2)o1. The van der Waals surface area contributed by atoms with Crippen LogP contribution in [0.5, 0.6) is 0 Å². The van der Waals surface area contributed by atoms with Crippen molar-refractivity contribution in [3.63, 3.8) is 0 Å². The van der Waals surface area contributed by atoms with Crippen LogP contribution >= 0.6 is 0 Å². The van der Waals surface area contributed by atoms with E-state index in [1.54, 1.807) is 23.0 Å². The number of aromatic nitrogens is 4. The molecule has 0 saturated heterocycles. The highest BCUT2D eigenvalue weighted by molar-refractivity contribution is 6.02. The maximum atomic E-state index is 14.1. The van der Waals surface area contributed by atoms with Crippen molar-refractivity contribution in [2.24, 2.45) is 0 Å². The number of carbonyl (C=O) groups is 2. The zero-order valence-corrected chi connectivity index (χ0v) is 21.1. The molecule has 1 aliphatic rings. The number of benzene rings is 2. The van der Waals surface area contributed by atoms with Gasteiger partial charge in [0.2, 0.25) is 5.91 Å². The summed E-state index contributed by atoms with van der Waals surface area (Å²) in [6, 6.07) is 19.6. The maximum Gasteiger partial charge on any atom is 0.251 e. The Labute approximate surface area is 219 Å². The molecule has 1 atom stereocenters. The van der Waals surface area contributed by atoms with Crippen molar-refractivity contribution in [2.45, 2.75) is 51.2 Å². The molecule has 0 radical (unpaired) electrons. The van der Waals surface area contributed by atoms with Crippen molar-refractivity contribution >= 4 is 39.4 Å². The summed E-state index contributed by atoms with van der Waals surface area (Å²) < 4.78 is 7.52. The number of anilines is 1. The third-order valence-electron chi connectivity index (χ3n) is 7.07. The molecule has 5 aromatic rings. The van der Waals surface area contributed by atoms with Gasteiger partial charge < -0.3 is 9.73 Å². The van der Waals surface area contributed by atoms with Crippen molar-refractivity contribution in [1.82, 2.24) is 25.3 Å². The quantitative estimate of drug-likeness (QED) is 0.341. The van der Waals surface area contributed by atoms with Gasteiger partial charge >= 0.3 is 0 Å². The van der Waals surface area contributed by atoms with Gasteiger partial charge in [-0.25, -0.2) is 4.68 Å². The van der Waals surface area contributed by atoms with E-state index in [9.17, 15) is 9.59 Å². The molecule has 0 aliphatic heterocycles. The molecule has 38 heavy (non-hydrogen) atoms. The second-order valence-corrected chi connectivity index (χ2v) is 9.73. The summed E-state index contributed by atoms with van der Waals surface area (Å²) >= 11 is 0. The van der Waals surface area contributed by atoms with Gasteiger partial charge in [0.15, 0.2) is 6.04 Å². The van der Waals surface area contributed by atoms with Gasteiger partial charge in [-0.2, -0.15) is 0 Å². The lowest BCUT2D eigenvalue weighted by atomic mass is 10.1. The van der Waals surface area contributed by atoms with Crippen LogP contribution in [-0.4, -0.2) is 37.8 Å². The second-order valence-electron chi connectivity index (χ2n) is 9.73. The Kier molecular flexibility index (Phi) is 6.33. The van der Waals surface area contributed by atoms with E-state index >= 15 is 0 Å². The first-order valence-electron chi connectivity index (χ1n) is 12.9. The number of fused-ring (bicyclic) bond motifs is 2. The highest BCUT2D eigenvalue weighted by Gasteiger charge is 2.37. The highest BCUT2D eigenvalue weighted by Crippen LogP contribution is 2.32. The van der Waals surface area contributed by atoms with Crippen molar-refractivity contribution in [1.29, 1.82) is 0 Å². The first-order chi connectivity index (χ1) is 18.6. The number of nitrogens with zero attached hydrogens (tertiary/aromatic N) is 5. The molecule has 1 aliphatic carbocycles. The third-order valence-corrected chi connectivity index (χ3v) is 7.07. The summed E-state index contributed by atoms with van der Waals surface area (Å²) in [7, 11) is 0. The number of para-hydroxylation sites is 2. The van der Waals surface area contributed by atoms with Gasteiger partial charge in [-0.3, -0.25) is 19.5 Å². The number of aryl methyl sites for hydroxylation is 1. The Hall–Kier alpha value is -4.53. The topological polar surface area (TPSA) is 106 Å². The van der Waals surface area contributed by atoms with Crippen LogP contribution < -0.4 is 10.2 Å². The van der Waals surface area contributed by atoms with E-state index in [1.807, 2.05) is 61.5 Å². The third kappa shape index (κ3) is 4.63. The minimum atomic E-state index is -1.02. The molecule has 1 N–H and O–H groups in total. The molecular weight excluding hydrogens is 480 g/mol. The summed E-state index contributed by atoms with van der Waals surface area (Å²) in [5.41, 5.74) is 2.72. The van der Waals surface area contributed by atoms with E-state index < -0.39 is 6.04 Å². The molecule has 9 nitrogen and oxygen atoms in total. The molecule has 3 aromatic heterocycles. The first-order valence-corrected chi connectivity index (χ1v) is 12.9. The molecule has 0 bridgehead atoms. The molecule has 3 heterocycles. The van der Waals surface area contributed by atoms with Gasteiger partial charge in [-0.05, 0) is 56.2 Å². The smallest absolute Gasteiger partial charge is 0.251 e. The zero-order chi connectivity index (χ0) is 26.1. The van der Waals surface area contributed by atoms with Crippen LogP contribution in [0.15, 0.2) is 77.3 Å². The Bertz CT molecular complexity index is 1620. The number of rotatable bonds is 7. The molecule has 192 valence electrons. The van der Waals surface area contributed by atoms with E-state index in [1.165, 1.54) is 4.90 Å². The van der Waals surface area contributed by atoms with Crippen LogP contribution in [0, 0.1) is 6.92 Å². The van der Waals surface area contributed by atoms with Crippen molar-refractivity contribution < 1.29 is 14.0 Å². The molecular formula is C29H28N6O3. The van der Waals surface area contributed by atoms with Gasteiger partial charge in [-0.15, -0.1) is 5.10 Å². The summed E-state index contributed by atoms with van der Waals surface area (Å²) in [4.78, 5) is 34.1. The van der Waals surface area contributed by atoms with Crippen molar-refractivity contribution in [3.05, 3.63) is 84.4 Å². The number of hydrogen-bond acceptors (Lipinski definition) is 6. The number of nitrogens with one attached hydrogen (secondary N) is 1. The van der Waals surface area contributed by atoms with Gasteiger partial charge in [0.05, 0.1) is 22.9 Å². The average Bonchev–Trinajstić information content (AvgIpc) is 3.69. The minimum Gasteiger partial charge on any atom is -0.464 e. The molecule has 2 aromatic carbocycles. The molecule has 9 heteroatoms. The Morgan fingerprint density at radius 3 is 2.61 bits per heavy atom. The minimum absolute atomic E-state index is 0.0759. The fourth-order valence-electron chi connectivity index (χ4n) is 5.19. The Balaban J connectivity index is 1.45. The molecule has 1 saturated carbocycles. The van der Waals surface area contributed by atoms with Gasteiger partial charge in [0.25, 0.3) is 5.91 Å². The Morgan fingerprint density at radius 2 is 1.82 bits per heavy atom. The molecule has 0 spiro atoms. The number of furan rings is 1. The first kappa shape index (κ1) is 23.8. The van der Waals surface area contributed by atoms with Crippen LogP contribution in [0.1, 0.15) is 43.2 Å². The highest BCUT2D eigenvalue weighted by atomic mass is 16.3.